The van der Waals surface area contributed by atoms with Crippen LogP contribution in [0, 0.1) is 0 Å². The number of hydrogen-bond donors (Lipinski definition) is 2. The van der Waals surface area contributed by atoms with Crippen molar-refractivity contribution in [2.45, 2.75) is 18.5 Å². The van der Waals surface area contributed by atoms with Crippen molar-refractivity contribution in [1.29, 1.82) is 0 Å². The number of pyridine rings is 1. The van der Waals surface area contributed by atoms with E-state index in [4.69, 9.17) is 0 Å². The number of fused-ring (bicyclic) bond motifs is 1. The lowest BCUT2D eigenvalue weighted by atomic mass is 10.0. The highest BCUT2D eigenvalue weighted by Crippen LogP contribution is 2.44. The number of aromatic amines is 1. The molecule has 9 heteroatoms. The average Bonchev–Trinajstić information content (AvgIpc) is 2.95. The Hall–Kier alpha value is -2.16. The highest BCUT2D eigenvalue weighted by Gasteiger charge is 2.47. The number of rotatable bonds is 2. The van der Waals surface area contributed by atoms with Crippen LogP contribution in [0.3, 0.4) is 0 Å². The van der Waals surface area contributed by atoms with E-state index in [0.717, 1.165) is 23.4 Å². The monoisotopic (exact) mass is 358 g/mol. The van der Waals surface area contributed by atoms with Crippen LogP contribution >= 0.6 is 0 Å². The predicted octanol–water partition coefficient (Wildman–Crippen LogP) is 3.41. The van der Waals surface area contributed by atoms with Crippen LogP contribution in [-0.2, 0) is 6.18 Å². The maximum Gasteiger partial charge on any atom is 0.419 e. The lowest BCUT2D eigenvalue weighted by molar-refractivity contribution is -0.137. The second-order valence-electron chi connectivity index (χ2n) is 6.37. The molecule has 0 aliphatic carbocycles. The van der Waals surface area contributed by atoms with Gasteiger partial charge in [0.2, 0.25) is 0 Å². The van der Waals surface area contributed by atoms with Gasteiger partial charge in [0.15, 0.2) is 0 Å². The summed E-state index contributed by atoms with van der Waals surface area (Å²) in [6.07, 6.45) is -1.13. The van der Waals surface area contributed by atoms with Gasteiger partial charge in [-0.3, -0.25) is 0 Å². The van der Waals surface area contributed by atoms with E-state index in [1.54, 1.807) is 6.07 Å². The number of nitrogens with zero attached hydrogens (tertiary/aromatic N) is 2. The summed E-state index contributed by atoms with van der Waals surface area (Å²) in [7, 11) is 0. The molecule has 2 aliphatic heterocycles. The van der Waals surface area contributed by atoms with E-state index in [1.807, 2.05) is 6.08 Å². The Labute approximate surface area is 139 Å². The number of H-pyrrole nitrogens is 1. The number of hydrogen-bond acceptors (Lipinski definition) is 3. The first-order valence-corrected chi connectivity index (χ1v) is 7.86. The van der Waals surface area contributed by atoms with E-state index in [9.17, 15) is 22.0 Å². The van der Waals surface area contributed by atoms with Gasteiger partial charge in [-0.15, -0.1) is 0 Å². The van der Waals surface area contributed by atoms with Gasteiger partial charge in [-0.05, 0) is 24.6 Å². The van der Waals surface area contributed by atoms with Gasteiger partial charge in [-0.1, -0.05) is 6.08 Å². The third kappa shape index (κ3) is 2.86. The first kappa shape index (κ1) is 16.3. The van der Waals surface area contributed by atoms with E-state index in [0.29, 0.717) is 18.4 Å². The van der Waals surface area contributed by atoms with Crippen molar-refractivity contribution in [2.75, 3.05) is 31.1 Å². The molecule has 0 aromatic carbocycles. The second-order valence-corrected chi connectivity index (χ2v) is 6.37. The molecule has 0 radical (unpaired) electrons. The molecular formula is C16H15F5N4. The van der Waals surface area contributed by atoms with E-state index >= 15 is 0 Å². The van der Waals surface area contributed by atoms with E-state index in [1.165, 1.54) is 0 Å². The number of aromatic nitrogens is 2. The molecule has 2 aromatic heterocycles. The third-order valence-electron chi connectivity index (χ3n) is 4.47. The molecule has 4 rings (SSSR count). The lowest BCUT2D eigenvalue weighted by Crippen LogP contribution is -2.56. The molecule has 0 amide bonds. The minimum Gasteiger partial charge on any atom is -0.358 e. The van der Waals surface area contributed by atoms with Crippen molar-refractivity contribution in [1.82, 2.24) is 15.3 Å². The van der Waals surface area contributed by atoms with Gasteiger partial charge in [0.25, 0.3) is 5.92 Å². The van der Waals surface area contributed by atoms with Crippen LogP contribution in [0.4, 0.5) is 27.6 Å². The Bertz CT molecular complexity index is 844. The molecule has 25 heavy (non-hydrogen) atoms. The standard InChI is InChI=1S/C16H15F5N4/c17-15(18)7-25(8-15)13-10-4-12(9-2-1-3-22-5-9)24-14(10)23-6-11(13)16(19,20)21/h2,4,6,22H,1,3,5,7-8H2,(H,23,24). The zero-order valence-corrected chi connectivity index (χ0v) is 13.1. The number of halogens is 5. The Balaban J connectivity index is 1.85. The molecule has 0 spiro atoms. The largest absolute Gasteiger partial charge is 0.419 e. The second kappa shape index (κ2) is 5.42. The minimum absolute atomic E-state index is 0.215. The first-order chi connectivity index (χ1) is 11.7. The number of alkyl halides is 5. The Kier molecular flexibility index (Phi) is 3.54. The Morgan fingerprint density at radius 3 is 2.56 bits per heavy atom. The molecule has 2 N–H and O–H groups in total. The minimum atomic E-state index is -4.66. The van der Waals surface area contributed by atoms with Crippen LogP contribution in [-0.4, -0.2) is 42.1 Å². The quantitative estimate of drug-likeness (QED) is 0.809. The zero-order chi connectivity index (χ0) is 17.8. The SMILES string of the molecule is FC1(F)CN(c2c(C(F)(F)F)cnc3[nH]c(C4=CCCNC4)cc23)C1. The topological polar surface area (TPSA) is 44.0 Å². The highest BCUT2D eigenvalue weighted by molar-refractivity contribution is 5.95. The fourth-order valence-corrected chi connectivity index (χ4v) is 3.30. The predicted molar refractivity (Wildman–Crippen MR) is 83.7 cm³/mol. The van der Waals surface area contributed by atoms with Gasteiger partial charge >= 0.3 is 6.18 Å². The highest BCUT2D eigenvalue weighted by atomic mass is 19.4. The van der Waals surface area contributed by atoms with Crippen molar-refractivity contribution >= 4 is 22.3 Å². The van der Waals surface area contributed by atoms with Gasteiger partial charge in [-0.2, -0.15) is 13.2 Å². The summed E-state index contributed by atoms with van der Waals surface area (Å²) in [4.78, 5) is 7.94. The maximum absolute atomic E-state index is 13.4. The van der Waals surface area contributed by atoms with Gasteiger partial charge in [0, 0.05) is 23.8 Å². The molecule has 1 saturated heterocycles. The lowest BCUT2D eigenvalue weighted by Gasteiger charge is -2.41. The van der Waals surface area contributed by atoms with Crippen molar-refractivity contribution in [2.24, 2.45) is 0 Å². The normalized spacial score (nSPS) is 20.5. The molecular weight excluding hydrogens is 343 g/mol. The van der Waals surface area contributed by atoms with Crippen molar-refractivity contribution < 1.29 is 22.0 Å². The zero-order valence-electron chi connectivity index (χ0n) is 13.1. The van der Waals surface area contributed by atoms with Crippen LogP contribution in [0.2, 0.25) is 0 Å². The molecule has 0 atom stereocenters. The first-order valence-electron chi connectivity index (χ1n) is 7.86. The van der Waals surface area contributed by atoms with Gasteiger partial charge in [-0.25, -0.2) is 13.8 Å². The fourth-order valence-electron chi connectivity index (χ4n) is 3.30. The van der Waals surface area contributed by atoms with E-state index in [2.05, 4.69) is 15.3 Å². The fraction of sp³-hybridized carbons (Fsp3) is 0.438. The molecule has 4 heterocycles. The van der Waals surface area contributed by atoms with Crippen LogP contribution in [0.5, 0.6) is 0 Å². The van der Waals surface area contributed by atoms with Gasteiger partial charge in [0.1, 0.15) is 5.65 Å². The van der Waals surface area contributed by atoms with Gasteiger partial charge < -0.3 is 15.2 Å². The summed E-state index contributed by atoms with van der Waals surface area (Å²) < 4.78 is 66.6. The number of anilines is 1. The van der Waals surface area contributed by atoms with Crippen molar-refractivity contribution in [3.63, 3.8) is 0 Å². The van der Waals surface area contributed by atoms with Crippen LogP contribution in [0.15, 0.2) is 18.3 Å². The third-order valence-corrected chi connectivity index (χ3v) is 4.47. The van der Waals surface area contributed by atoms with E-state index in [-0.39, 0.29) is 16.7 Å². The average molecular weight is 358 g/mol. The molecule has 2 aliphatic rings. The Morgan fingerprint density at radius 2 is 1.96 bits per heavy atom. The molecule has 0 saturated carbocycles. The molecule has 1 fully saturated rings. The maximum atomic E-state index is 13.4. The molecule has 134 valence electrons. The summed E-state index contributed by atoms with van der Waals surface area (Å²) in [6, 6.07) is 1.57. The summed E-state index contributed by atoms with van der Waals surface area (Å²) in [5.41, 5.74) is 0.632. The summed E-state index contributed by atoms with van der Waals surface area (Å²) in [5, 5.41) is 3.40. The van der Waals surface area contributed by atoms with Crippen LogP contribution in [0.25, 0.3) is 16.6 Å². The van der Waals surface area contributed by atoms with E-state index < -0.39 is 30.8 Å². The molecule has 2 aromatic rings. The molecule has 0 unspecified atom stereocenters. The van der Waals surface area contributed by atoms with Crippen LogP contribution in [0.1, 0.15) is 17.7 Å². The number of nitrogens with one attached hydrogen (secondary N) is 2. The van der Waals surface area contributed by atoms with Crippen molar-refractivity contribution in [3.05, 3.63) is 29.6 Å². The Morgan fingerprint density at radius 1 is 1.20 bits per heavy atom. The summed E-state index contributed by atoms with van der Waals surface area (Å²) in [6.45, 7) is -0.00963. The van der Waals surface area contributed by atoms with Crippen LogP contribution < -0.4 is 10.2 Å². The summed E-state index contributed by atoms with van der Waals surface area (Å²) >= 11 is 0. The molecule has 0 bridgehead atoms. The van der Waals surface area contributed by atoms with Gasteiger partial charge in [0.05, 0.1) is 24.3 Å². The van der Waals surface area contributed by atoms with Crippen molar-refractivity contribution in [3.8, 4) is 0 Å². The summed E-state index contributed by atoms with van der Waals surface area (Å²) in [5.74, 6) is -2.96. The smallest absolute Gasteiger partial charge is 0.358 e. The molecule has 4 nitrogen and oxygen atoms in total.